The Morgan fingerprint density at radius 3 is 2.67 bits per heavy atom. The van der Waals surface area contributed by atoms with Crippen LogP contribution in [0.25, 0.3) is 0 Å². The standard InChI is InChI=1S/C14H22N2O4S/c1-19-8-9-20-14-5-3-2-4-12(14)13-7-6-11(10-16-13)21(15,17)18/h2-5,11,13,16H,6-10H2,1H3,(H2,15,17,18). The van der Waals surface area contributed by atoms with E-state index >= 15 is 0 Å². The third kappa shape index (κ3) is 4.41. The maximum Gasteiger partial charge on any atom is 0.213 e. The highest BCUT2D eigenvalue weighted by atomic mass is 32.2. The summed E-state index contributed by atoms with van der Waals surface area (Å²) in [6.45, 7) is 1.38. The van der Waals surface area contributed by atoms with E-state index < -0.39 is 15.3 Å². The van der Waals surface area contributed by atoms with E-state index in [2.05, 4.69) is 5.32 Å². The molecule has 1 aromatic rings. The van der Waals surface area contributed by atoms with Crippen molar-refractivity contribution in [2.24, 2.45) is 5.14 Å². The molecule has 2 atom stereocenters. The molecule has 2 rings (SSSR count). The number of benzene rings is 1. The molecule has 2 unspecified atom stereocenters. The summed E-state index contributed by atoms with van der Waals surface area (Å²) < 4.78 is 33.4. The molecule has 1 fully saturated rings. The monoisotopic (exact) mass is 314 g/mol. The van der Waals surface area contributed by atoms with Gasteiger partial charge in [0, 0.05) is 25.3 Å². The van der Waals surface area contributed by atoms with Gasteiger partial charge in [0.15, 0.2) is 0 Å². The van der Waals surface area contributed by atoms with Gasteiger partial charge in [-0.3, -0.25) is 0 Å². The zero-order valence-corrected chi connectivity index (χ0v) is 12.9. The van der Waals surface area contributed by atoms with Crippen LogP contribution in [0.2, 0.25) is 0 Å². The molecule has 0 radical (unpaired) electrons. The van der Waals surface area contributed by atoms with Gasteiger partial charge in [-0.1, -0.05) is 18.2 Å². The van der Waals surface area contributed by atoms with Gasteiger partial charge in [-0.15, -0.1) is 0 Å². The zero-order chi connectivity index (χ0) is 15.3. The molecular weight excluding hydrogens is 292 g/mol. The Labute approximate surface area is 125 Å². The number of methoxy groups -OCH3 is 1. The van der Waals surface area contributed by atoms with Crippen molar-refractivity contribution in [3.05, 3.63) is 29.8 Å². The summed E-state index contributed by atoms with van der Waals surface area (Å²) >= 11 is 0. The first-order chi connectivity index (χ1) is 10.0. The number of nitrogens with one attached hydrogen (secondary N) is 1. The normalized spacial score (nSPS) is 23.0. The molecule has 0 aromatic heterocycles. The Morgan fingerprint density at radius 1 is 1.29 bits per heavy atom. The molecule has 0 saturated carbocycles. The molecule has 21 heavy (non-hydrogen) atoms. The predicted octanol–water partition coefficient (Wildman–Crippen LogP) is 0.793. The average Bonchev–Trinajstić information content (AvgIpc) is 2.47. The van der Waals surface area contributed by atoms with Crippen LogP contribution < -0.4 is 15.2 Å². The molecule has 0 spiro atoms. The number of rotatable bonds is 6. The zero-order valence-electron chi connectivity index (χ0n) is 12.1. The van der Waals surface area contributed by atoms with Gasteiger partial charge in [-0.2, -0.15) is 0 Å². The van der Waals surface area contributed by atoms with Crippen molar-refractivity contribution in [1.29, 1.82) is 0 Å². The number of hydrogen-bond donors (Lipinski definition) is 2. The van der Waals surface area contributed by atoms with Gasteiger partial charge < -0.3 is 14.8 Å². The number of primary sulfonamides is 1. The second kappa shape index (κ2) is 7.22. The molecule has 1 aliphatic rings. The maximum atomic E-state index is 11.4. The maximum absolute atomic E-state index is 11.4. The van der Waals surface area contributed by atoms with E-state index in [1.54, 1.807) is 7.11 Å². The van der Waals surface area contributed by atoms with Crippen molar-refractivity contribution in [2.45, 2.75) is 24.1 Å². The second-order valence-electron chi connectivity index (χ2n) is 5.13. The SMILES string of the molecule is COCCOc1ccccc1C1CCC(S(N)(=O)=O)CN1. The lowest BCUT2D eigenvalue weighted by molar-refractivity contribution is 0.145. The Bertz CT molecular complexity index is 554. The Hall–Kier alpha value is -1.15. The first-order valence-electron chi connectivity index (χ1n) is 6.98. The Morgan fingerprint density at radius 2 is 2.05 bits per heavy atom. The van der Waals surface area contributed by atoms with E-state index in [1.807, 2.05) is 24.3 Å². The third-order valence-electron chi connectivity index (χ3n) is 3.67. The highest BCUT2D eigenvalue weighted by Crippen LogP contribution is 2.31. The average molecular weight is 314 g/mol. The van der Waals surface area contributed by atoms with Crippen LogP contribution in [0.5, 0.6) is 5.75 Å². The van der Waals surface area contributed by atoms with Gasteiger partial charge in [0.25, 0.3) is 0 Å². The number of sulfonamides is 1. The van der Waals surface area contributed by atoms with Gasteiger partial charge in [-0.05, 0) is 18.9 Å². The minimum absolute atomic E-state index is 0.0849. The number of piperidine rings is 1. The number of ether oxygens (including phenoxy) is 2. The molecule has 0 bridgehead atoms. The smallest absolute Gasteiger partial charge is 0.213 e. The molecule has 1 aliphatic heterocycles. The van der Waals surface area contributed by atoms with Crippen molar-refractivity contribution >= 4 is 10.0 Å². The summed E-state index contributed by atoms with van der Waals surface area (Å²) in [4.78, 5) is 0. The highest BCUT2D eigenvalue weighted by Gasteiger charge is 2.29. The molecule has 1 heterocycles. The van der Waals surface area contributed by atoms with Crippen molar-refractivity contribution in [1.82, 2.24) is 5.32 Å². The van der Waals surface area contributed by atoms with Crippen LogP contribution in [-0.2, 0) is 14.8 Å². The first kappa shape index (κ1) is 16.2. The molecule has 118 valence electrons. The van der Waals surface area contributed by atoms with Gasteiger partial charge in [0.2, 0.25) is 10.0 Å². The lowest BCUT2D eigenvalue weighted by Crippen LogP contribution is -2.43. The fourth-order valence-corrected chi connectivity index (χ4v) is 3.30. The van der Waals surface area contributed by atoms with E-state index in [4.69, 9.17) is 14.6 Å². The van der Waals surface area contributed by atoms with Gasteiger partial charge >= 0.3 is 0 Å². The molecule has 6 nitrogen and oxygen atoms in total. The molecule has 0 aliphatic carbocycles. The molecular formula is C14H22N2O4S. The quantitative estimate of drug-likeness (QED) is 0.758. The summed E-state index contributed by atoms with van der Waals surface area (Å²) in [5.41, 5.74) is 1.04. The van der Waals surface area contributed by atoms with E-state index in [9.17, 15) is 8.42 Å². The van der Waals surface area contributed by atoms with Gasteiger partial charge in [-0.25, -0.2) is 13.6 Å². The van der Waals surface area contributed by atoms with Crippen LogP contribution in [0, 0.1) is 0 Å². The molecule has 1 aromatic carbocycles. The summed E-state index contributed by atoms with van der Waals surface area (Å²) in [6.07, 6.45) is 1.27. The van der Waals surface area contributed by atoms with Crippen LogP contribution in [-0.4, -0.2) is 40.5 Å². The van der Waals surface area contributed by atoms with Crippen LogP contribution in [0.3, 0.4) is 0 Å². The van der Waals surface area contributed by atoms with E-state index in [1.165, 1.54) is 0 Å². The lowest BCUT2D eigenvalue weighted by Gasteiger charge is -2.29. The minimum Gasteiger partial charge on any atom is -0.491 e. The van der Waals surface area contributed by atoms with Crippen LogP contribution in [0.4, 0.5) is 0 Å². The fourth-order valence-electron chi connectivity index (χ4n) is 2.51. The van der Waals surface area contributed by atoms with Gasteiger partial charge in [0.1, 0.15) is 12.4 Å². The van der Waals surface area contributed by atoms with Crippen molar-refractivity contribution in [2.75, 3.05) is 26.9 Å². The summed E-state index contributed by atoms with van der Waals surface area (Å²) in [6, 6.07) is 7.87. The van der Waals surface area contributed by atoms with Crippen LogP contribution in [0.15, 0.2) is 24.3 Å². The third-order valence-corrected chi connectivity index (χ3v) is 5.00. The molecule has 7 heteroatoms. The summed E-state index contributed by atoms with van der Waals surface area (Å²) in [7, 11) is -1.84. The molecule has 3 N–H and O–H groups in total. The minimum atomic E-state index is -3.47. The Kier molecular flexibility index (Phi) is 5.58. The number of hydrogen-bond acceptors (Lipinski definition) is 5. The summed E-state index contributed by atoms with van der Waals surface area (Å²) in [5.74, 6) is 0.807. The molecule has 1 saturated heterocycles. The predicted molar refractivity (Wildman–Crippen MR) is 80.7 cm³/mol. The van der Waals surface area contributed by atoms with Crippen molar-refractivity contribution in [3.63, 3.8) is 0 Å². The second-order valence-corrected chi connectivity index (χ2v) is 6.97. The summed E-state index contributed by atoms with van der Waals surface area (Å²) in [5, 5.41) is 7.95. The van der Waals surface area contributed by atoms with Gasteiger partial charge in [0.05, 0.1) is 11.9 Å². The van der Waals surface area contributed by atoms with Crippen LogP contribution >= 0.6 is 0 Å². The fraction of sp³-hybridized carbons (Fsp3) is 0.571. The van der Waals surface area contributed by atoms with E-state index in [0.717, 1.165) is 11.3 Å². The number of nitrogens with two attached hydrogens (primary N) is 1. The van der Waals surface area contributed by atoms with E-state index in [0.29, 0.717) is 32.6 Å². The van der Waals surface area contributed by atoms with E-state index in [-0.39, 0.29) is 6.04 Å². The lowest BCUT2D eigenvalue weighted by atomic mass is 9.96. The highest BCUT2D eigenvalue weighted by molar-refractivity contribution is 7.89. The topological polar surface area (TPSA) is 90.7 Å². The van der Waals surface area contributed by atoms with Crippen molar-refractivity contribution < 1.29 is 17.9 Å². The van der Waals surface area contributed by atoms with Crippen molar-refractivity contribution in [3.8, 4) is 5.75 Å². The first-order valence-corrected chi connectivity index (χ1v) is 8.59. The largest absolute Gasteiger partial charge is 0.491 e. The number of para-hydroxylation sites is 1. The Balaban J connectivity index is 2.03. The molecule has 0 amide bonds. The van der Waals surface area contributed by atoms with Crippen LogP contribution in [0.1, 0.15) is 24.4 Å².